The minimum atomic E-state index is -0.430. The van der Waals surface area contributed by atoms with Crippen molar-refractivity contribution in [1.29, 1.82) is 0 Å². The Labute approximate surface area is 168 Å². The Kier molecular flexibility index (Phi) is 6.59. The quantitative estimate of drug-likeness (QED) is 0.551. The fourth-order valence-corrected chi connectivity index (χ4v) is 3.21. The maximum atomic E-state index is 13.0. The van der Waals surface area contributed by atoms with E-state index in [1.807, 2.05) is 0 Å². The highest BCUT2D eigenvalue weighted by atomic mass is 19.1. The molecule has 0 N–H and O–H groups in total. The molecular weight excluding hydrogens is 377 g/mol. The van der Waals surface area contributed by atoms with Crippen molar-refractivity contribution in [2.75, 3.05) is 26.8 Å². The van der Waals surface area contributed by atoms with Gasteiger partial charge in [0, 0.05) is 24.2 Å². The fourth-order valence-electron chi connectivity index (χ4n) is 3.21. The van der Waals surface area contributed by atoms with E-state index >= 15 is 0 Å². The molecule has 3 rings (SSSR count). The summed E-state index contributed by atoms with van der Waals surface area (Å²) < 4.78 is 23.2. The van der Waals surface area contributed by atoms with Gasteiger partial charge in [0.25, 0.3) is 5.91 Å². The van der Waals surface area contributed by atoms with Crippen LogP contribution in [-0.4, -0.2) is 49.4 Å². The van der Waals surface area contributed by atoms with Crippen molar-refractivity contribution < 1.29 is 28.2 Å². The van der Waals surface area contributed by atoms with Gasteiger partial charge in [-0.3, -0.25) is 14.4 Å². The highest BCUT2D eigenvalue weighted by Gasteiger charge is 2.29. The molecule has 152 valence electrons. The number of benzene rings is 2. The monoisotopic (exact) mass is 399 g/mol. The van der Waals surface area contributed by atoms with E-state index in [1.165, 1.54) is 31.4 Å². The number of carbonyl (C=O) groups is 3. The van der Waals surface area contributed by atoms with Crippen molar-refractivity contribution in [2.24, 2.45) is 5.92 Å². The Hall–Kier alpha value is -3.22. The Morgan fingerprint density at radius 1 is 0.966 bits per heavy atom. The van der Waals surface area contributed by atoms with E-state index in [2.05, 4.69) is 0 Å². The van der Waals surface area contributed by atoms with E-state index in [1.54, 1.807) is 29.2 Å². The number of rotatable bonds is 6. The smallest absolute Gasteiger partial charge is 0.309 e. The zero-order valence-electron chi connectivity index (χ0n) is 16.1. The number of hydrogen-bond acceptors (Lipinski definition) is 5. The van der Waals surface area contributed by atoms with Crippen LogP contribution in [0.3, 0.4) is 0 Å². The zero-order valence-corrected chi connectivity index (χ0v) is 16.1. The third kappa shape index (κ3) is 5.19. The zero-order chi connectivity index (χ0) is 20.8. The minimum Gasteiger partial charge on any atom is -0.497 e. The number of likely N-dealkylation sites (tertiary alicyclic amines) is 1. The highest BCUT2D eigenvalue weighted by molar-refractivity contribution is 5.98. The SMILES string of the molecule is COc1ccc(C(=O)COC(=O)C2CCN(C(=O)c3ccc(F)cc3)CC2)cc1. The van der Waals surface area contributed by atoms with E-state index in [9.17, 15) is 18.8 Å². The van der Waals surface area contributed by atoms with Gasteiger partial charge in [-0.25, -0.2) is 4.39 Å². The first-order chi connectivity index (χ1) is 14.0. The molecule has 7 heteroatoms. The van der Waals surface area contributed by atoms with Gasteiger partial charge >= 0.3 is 5.97 Å². The Bertz CT molecular complexity index is 871. The summed E-state index contributed by atoms with van der Waals surface area (Å²) in [6.07, 6.45) is 0.922. The molecule has 1 saturated heterocycles. The molecule has 1 heterocycles. The predicted molar refractivity (Wildman–Crippen MR) is 103 cm³/mol. The van der Waals surface area contributed by atoms with Crippen LogP contribution >= 0.6 is 0 Å². The lowest BCUT2D eigenvalue weighted by atomic mass is 9.96. The molecule has 1 amide bonds. The number of carbonyl (C=O) groups excluding carboxylic acids is 3. The van der Waals surface area contributed by atoms with Gasteiger partial charge in [-0.15, -0.1) is 0 Å². The van der Waals surface area contributed by atoms with Gasteiger partial charge in [0.15, 0.2) is 12.4 Å². The number of Topliss-reactive ketones (excluding diaryl/α,β-unsaturated/α-hetero) is 1. The fraction of sp³-hybridized carbons (Fsp3) is 0.318. The van der Waals surface area contributed by atoms with Crippen LogP contribution in [0.15, 0.2) is 48.5 Å². The van der Waals surface area contributed by atoms with E-state index < -0.39 is 11.8 Å². The topological polar surface area (TPSA) is 72.9 Å². The van der Waals surface area contributed by atoms with Crippen LogP contribution in [0.2, 0.25) is 0 Å². The van der Waals surface area contributed by atoms with Gasteiger partial charge in [-0.2, -0.15) is 0 Å². The highest BCUT2D eigenvalue weighted by Crippen LogP contribution is 2.21. The van der Waals surface area contributed by atoms with Crippen LogP contribution < -0.4 is 4.74 Å². The summed E-state index contributed by atoms with van der Waals surface area (Å²) in [5.74, 6) is -1.01. The summed E-state index contributed by atoms with van der Waals surface area (Å²) in [6, 6.07) is 12.0. The summed E-state index contributed by atoms with van der Waals surface area (Å²) in [6.45, 7) is 0.491. The molecule has 0 aromatic heterocycles. The van der Waals surface area contributed by atoms with Crippen molar-refractivity contribution in [3.05, 3.63) is 65.5 Å². The van der Waals surface area contributed by atoms with Gasteiger partial charge < -0.3 is 14.4 Å². The summed E-state index contributed by atoms with van der Waals surface area (Å²) in [7, 11) is 1.54. The molecule has 0 unspecified atom stereocenters. The number of ether oxygens (including phenoxy) is 2. The number of halogens is 1. The molecule has 1 aliphatic rings. The number of methoxy groups -OCH3 is 1. The minimum absolute atomic E-state index is 0.188. The Morgan fingerprint density at radius 2 is 1.55 bits per heavy atom. The van der Waals surface area contributed by atoms with E-state index in [0.29, 0.717) is 42.8 Å². The third-order valence-corrected chi connectivity index (χ3v) is 4.96. The molecule has 0 aliphatic carbocycles. The van der Waals surface area contributed by atoms with E-state index in [-0.39, 0.29) is 24.2 Å². The molecule has 0 saturated carbocycles. The Balaban J connectivity index is 1.46. The summed E-state index contributed by atoms with van der Waals surface area (Å²) in [5, 5.41) is 0. The molecule has 6 nitrogen and oxygen atoms in total. The van der Waals surface area contributed by atoms with E-state index in [0.717, 1.165) is 0 Å². The first kappa shape index (κ1) is 20.5. The molecule has 2 aromatic carbocycles. The van der Waals surface area contributed by atoms with Gasteiger partial charge in [-0.1, -0.05) is 0 Å². The van der Waals surface area contributed by atoms with Gasteiger partial charge in [-0.05, 0) is 61.4 Å². The van der Waals surface area contributed by atoms with Crippen LogP contribution in [0.1, 0.15) is 33.6 Å². The molecule has 0 bridgehead atoms. The standard InChI is InChI=1S/C22H22FNO5/c1-28-19-8-4-15(5-9-19)20(25)14-29-22(27)17-10-12-24(13-11-17)21(26)16-2-6-18(23)7-3-16/h2-9,17H,10-14H2,1H3. The average molecular weight is 399 g/mol. The maximum Gasteiger partial charge on any atom is 0.309 e. The number of amides is 1. The van der Waals surface area contributed by atoms with Crippen molar-refractivity contribution in [3.8, 4) is 5.75 Å². The van der Waals surface area contributed by atoms with Crippen LogP contribution in [-0.2, 0) is 9.53 Å². The molecular formula is C22H22FNO5. The van der Waals surface area contributed by atoms with Crippen LogP contribution in [0.4, 0.5) is 4.39 Å². The van der Waals surface area contributed by atoms with Crippen LogP contribution in [0.5, 0.6) is 5.75 Å². The first-order valence-corrected chi connectivity index (χ1v) is 9.36. The van der Waals surface area contributed by atoms with Crippen LogP contribution in [0.25, 0.3) is 0 Å². The van der Waals surface area contributed by atoms with Crippen molar-refractivity contribution in [2.45, 2.75) is 12.8 Å². The largest absolute Gasteiger partial charge is 0.497 e. The molecule has 2 aromatic rings. The number of piperidine rings is 1. The third-order valence-electron chi connectivity index (χ3n) is 4.96. The molecule has 0 radical (unpaired) electrons. The van der Waals surface area contributed by atoms with Crippen molar-refractivity contribution in [3.63, 3.8) is 0 Å². The average Bonchev–Trinajstić information content (AvgIpc) is 2.77. The maximum absolute atomic E-state index is 13.0. The summed E-state index contributed by atoms with van der Waals surface area (Å²) >= 11 is 0. The van der Waals surface area contributed by atoms with Crippen molar-refractivity contribution >= 4 is 17.7 Å². The molecule has 1 fully saturated rings. The lowest BCUT2D eigenvalue weighted by molar-refractivity contribution is -0.148. The molecule has 29 heavy (non-hydrogen) atoms. The predicted octanol–water partition coefficient (Wildman–Crippen LogP) is 3.11. The lowest BCUT2D eigenvalue weighted by Gasteiger charge is -2.31. The lowest BCUT2D eigenvalue weighted by Crippen LogP contribution is -2.40. The van der Waals surface area contributed by atoms with Crippen molar-refractivity contribution in [1.82, 2.24) is 4.90 Å². The normalized spacial score (nSPS) is 14.3. The first-order valence-electron chi connectivity index (χ1n) is 9.36. The Morgan fingerprint density at radius 3 is 2.14 bits per heavy atom. The second-order valence-electron chi connectivity index (χ2n) is 6.83. The van der Waals surface area contributed by atoms with Gasteiger partial charge in [0.05, 0.1) is 13.0 Å². The number of hydrogen-bond donors (Lipinski definition) is 0. The number of ketones is 1. The van der Waals surface area contributed by atoms with Gasteiger partial charge in [0.2, 0.25) is 0 Å². The number of esters is 1. The number of nitrogens with zero attached hydrogens (tertiary/aromatic N) is 1. The second-order valence-corrected chi connectivity index (χ2v) is 6.83. The molecule has 0 spiro atoms. The van der Waals surface area contributed by atoms with Gasteiger partial charge in [0.1, 0.15) is 11.6 Å². The van der Waals surface area contributed by atoms with E-state index in [4.69, 9.17) is 9.47 Å². The summed E-state index contributed by atoms with van der Waals surface area (Å²) in [4.78, 5) is 38.5. The second kappa shape index (κ2) is 9.32. The summed E-state index contributed by atoms with van der Waals surface area (Å²) in [5.41, 5.74) is 0.857. The molecule has 0 atom stereocenters. The van der Waals surface area contributed by atoms with Crippen LogP contribution in [0, 0.1) is 11.7 Å². The molecule has 1 aliphatic heterocycles.